The number of benzene rings is 1. The summed E-state index contributed by atoms with van der Waals surface area (Å²) in [5, 5.41) is 0.980. The Kier molecular flexibility index (Phi) is 3.97. The van der Waals surface area contributed by atoms with Crippen LogP contribution in [0.1, 0.15) is 35.3 Å². The molecule has 4 heteroatoms. The molecule has 0 saturated carbocycles. The van der Waals surface area contributed by atoms with Gasteiger partial charge in [-0.2, -0.15) is 0 Å². The summed E-state index contributed by atoms with van der Waals surface area (Å²) in [6.45, 7) is 4.82. The number of fused-ring (bicyclic) bond motifs is 1. The molecule has 1 aliphatic heterocycles. The van der Waals surface area contributed by atoms with E-state index < -0.39 is 0 Å². The number of carbonyl (C=O) groups is 1. The largest absolute Gasteiger partial charge is 0.497 e. The number of hydrogen-bond acceptors (Lipinski definition) is 2. The average molecular weight is 287 g/mol. The second-order valence-electron chi connectivity index (χ2n) is 5.95. The average Bonchev–Trinajstić information content (AvgIpc) is 2.83. The standard InChI is InChI=1S/C17H22N2O2/c1-12-17(16(20)11-19-8-4-3-5-9-19)14-10-13(21-2)6-7-15(14)18-12/h6-7,10,18H,3-5,8-9,11H2,1-2H3/p+1. The lowest BCUT2D eigenvalue weighted by atomic mass is 10.0. The number of aromatic amines is 1. The van der Waals surface area contributed by atoms with E-state index in [9.17, 15) is 4.79 Å². The molecular formula is C17H23N2O2+. The summed E-state index contributed by atoms with van der Waals surface area (Å²) in [5.41, 5.74) is 2.80. The van der Waals surface area contributed by atoms with Crippen LogP contribution in [0, 0.1) is 6.92 Å². The van der Waals surface area contributed by atoms with Crippen molar-refractivity contribution in [3.8, 4) is 5.75 Å². The van der Waals surface area contributed by atoms with Crippen molar-refractivity contribution in [2.24, 2.45) is 0 Å². The van der Waals surface area contributed by atoms with Gasteiger partial charge in [0.1, 0.15) is 12.3 Å². The van der Waals surface area contributed by atoms with Gasteiger partial charge >= 0.3 is 0 Å². The van der Waals surface area contributed by atoms with Crippen LogP contribution in [-0.4, -0.2) is 37.5 Å². The van der Waals surface area contributed by atoms with Crippen molar-refractivity contribution >= 4 is 16.7 Å². The fourth-order valence-electron chi connectivity index (χ4n) is 3.34. The quantitative estimate of drug-likeness (QED) is 0.841. The normalized spacial score (nSPS) is 16.3. The molecule has 0 bridgehead atoms. The van der Waals surface area contributed by atoms with Gasteiger partial charge in [0, 0.05) is 16.6 Å². The van der Waals surface area contributed by atoms with E-state index in [1.165, 1.54) is 24.2 Å². The first-order valence-electron chi connectivity index (χ1n) is 7.72. The maximum Gasteiger partial charge on any atom is 0.219 e. The number of Topliss-reactive ketones (excluding diaryl/α,β-unsaturated/α-hetero) is 1. The molecule has 4 nitrogen and oxygen atoms in total. The highest BCUT2D eigenvalue weighted by Crippen LogP contribution is 2.26. The number of nitrogens with one attached hydrogen (secondary N) is 2. The molecule has 0 radical (unpaired) electrons. The van der Waals surface area contributed by atoms with E-state index in [-0.39, 0.29) is 5.78 Å². The maximum absolute atomic E-state index is 12.7. The van der Waals surface area contributed by atoms with Crippen LogP contribution in [0.3, 0.4) is 0 Å². The van der Waals surface area contributed by atoms with Gasteiger partial charge in [-0.3, -0.25) is 4.79 Å². The monoisotopic (exact) mass is 287 g/mol. The second-order valence-corrected chi connectivity index (χ2v) is 5.95. The van der Waals surface area contributed by atoms with Crippen molar-refractivity contribution in [3.05, 3.63) is 29.5 Å². The number of aromatic nitrogens is 1. The van der Waals surface area contributed by atoms with Crippen molar-refractivity contribution in [3.63, 3.8) is 0 Å². The van der Waals surface area contributed by atoms with E-state index in [1.807, 2.05) is 25.1 Å². The maximum atomic E-state index is 12.7. The van der Waals surface area contributed by atoms with Crippen LogP contribution < -0.4 is 9.64 Å². The van der Waals surface area contributed by atoms with E-state index in [1.54, 1.807) is 7.11 Å². The summed E-state index contributed by atoms with van der Waals surface area (Å²) in [5.74, 6) is 1.03. The molecule has 3 rings (SSSR count). The van der Waals surface area contributed by atoms with Crippen LogP contribution in [0.15, 0.2) is 18.2 Å². The third-order valence-electron chi connectivity index (χ3n) is 4.44. The number of hydrogen-bond donors (Lipinski definition) is 2. The number of ketones is 1. The summed E-state index contributed by atoms with van der Waals surface area (Å²) < 4.78 is 5.29. The molecule has 0 spiro atoms. The number of ether oxygens (including phenoxy) is 1. The Morgan fingerprint density at radius 2 is 2.05 bits per heavy atom. The molecular weight excluding hydrogens is 264 g/mol. The Morgan fingerprint density at radius 1 is 1.29 bits per heavy atom. The predicted molar refractivity (Wildman–Crippen MR) is 83.3 cm³/mol. The molecule has 21 heavy (non-hydrogen) atoms. The van der Waals surface area contributed by atoms with Gasteiger partial charge in [0.25, 0.3) is 0 Å². The van der Waals surface area contributed by atoms with Gasteiger partial charge in [-0.15, -0.1) is 0 Å². The lowest BCUT2D eigenvalue weighted by Crippen LogP contribution is -3.13. The molecule has 0 unspecified atom stereocenters. The predicted octanol–water partition coefficient (Wildman–Crippen LogP) is 1.74. The molecule has 1 fully saturated rings. The number of likely N-dealkylation sites (tertiary alicyclic amines) is 1. The summed E-state index contributed by atoms with van der Waals surface area (Å²) in [4.78, 5) is 17.5. The van der Waals surface area contributed by atoms with Crippen molar-refractivity contribution in [1.29, 1.82) is 0 Å². The number of aryl methyl sites for hydroxylation is 1. The molecule has 1 saturated heterocycles. The van der Waals surface area contributed by atoms with Crippen LogP contribution in [0.5, 0.6) is 5.75 Å². The van der Waals surface area contributed by atoms with Gasteiger partial charge in [-0.1, -0.05) is 0 Å². The van der Waals surface area contributed by atoms with Crippen LogP contribution in [-0.2, 0) is 0 Å². The SMILES string of the molecule is COc1ccc2[nH]c(C)c(C(=O)C[NH+]3CCCCC3)c2c1. The minimum absolute atomic E-state index is 0.240. The Bertz CT molecular complexity index is 654. The molecule has 1 aromatic carbocycles. The zero-order chi connectivity index (χ0) is 14.8. The Morgan fingerprint density at radius 3 is 2.76 bits per heavy atom. The van der Waals surface area contributed by atoms with Crippen molar-refractivity contribution in [2.45, 2.75) is 26.2 Å². The number of piperidine rings is 1. The highest BCUT2D eigenvalue weighted by atomic mass is 16.5. The highest BCUT2D eigenvalue weighted by molar-refractivity contribution is 6.10. The minimum Gasteiger partial charge on any atom is -0.497 e. The zero-order valence-corrected chi connectivity index (χ0v) is 12.8. The van der Waals surface area contributed by atoms with Gasteiger partial charge < -0.3 is 14.6 Å². The smallest absolute Gasteiger partial charge is 0.219 e. The zero-order valence-electron chi connectivity index (χ0n) is 12.8. The molecule has 1 aromatic heterocycles. The third kappa shape index (κ3) is 2.81. The van der Waals surface area contributed by atoms with Gasteiger partial charge in [0.05, 0.1) is 25.8 Å². The number of rotatable bonds is 4. The Balaban J connectivity index is 1.90. The molecule has 2 aromatic rings. The van der Waals surface area contributed by atoms with Crippen LogP contribution in [0.25, 0.3) is 10.9 Å². The van der Waals surface area contributed by atoms with Crippen LogP contribution >= 0.6 is 0 Å². The molecule has 2 N–H and O–H groups in total. The minimum atomic E-state index is 0.240. The molecule has 0 atom stereocenters. The lowest BCUT2D eigenvalue weighted by Gasteiger charge is -2.22. The molecule has 1 aliphatic rings. The highest BCUT2D eigenvalue weighted by Gasteiger charge is 2.22. The summed E-state index contributed by atoms with van der Waals surface area (Å²) in [6, 6.07) is 5.85. The number of quaternary nitrogens is 1. The van der Waals surface area contributed by atoms with Crippen LogP contribution in [0.2, 0.25) is 0 Å². The fraction of sp³-hybridized carbons (Fsp3) is 0.471. The summed E-state index contributed by atoms with van der Waals surface area (Å²) in [6.07, 6.45) is 3.79. The molecule has 112 valence electrons. The second kappa shape index (κ2) is 5.90. The van der Waals surface area contributed by atoms with Crippen molar-refractivity contribution < 1.29 is 14.4 Å². The van der Waals surface area contributed by atoms with Gasteiger partial charge in [0.15, 0.2) is 0 Å². The first-order valence-corrected chi connectivity index (χ1v) is 7.72. The Hall–Kier alpha value is -1.81. The van der Waals surface area contributed by atoms with Gasteiger partial charge in [0.2, 0.25) is 5.78 Å². The van der Waals surface area contributed by atoms with E-state index in [0.717, 1.165) is 41.0 Å². The van der Waals surface area contributed by atoms with Gasteiger partial charge in [-0.05, 0) is 44.4 Å². The lowest BCUT2D eigenvalue weighted by molar-refractivity contribution is -0.896. The molecule has 2 heterocycles. The third-order valence-corrected chi connectivity index (χ3v) is 4.44. The Labute approximate surface area is 125 Å². The molecule has 0 aliphatic carbocycles. The fourth-order valence-corrected chi connectivity index (χ4v) is 3.34. The van der Waals surface area contributed by atoms with Crippen molar-refractivity contribution in [1.82, 2.24) is 4.98 Å². The van der Waals surface area contributed by atoms with E-state index in [2.05, 4.69) is 4.98 Å². The van der Waals surface area contributed by atoms with E-state index >= 15 is 0 Å². The number of methoxy groups -OCH3 is 1. The summed E-state index contributed by atoms with van der Waals surface area (Å²) >= 11 is 0. The van der Waals surface area contributed by atoms with Gasteiger partial charge in [-0.25, -0.2) is 0 Å². The first kappa shape index (κ1) is 14.1. The van der Waals surface area contributed by atoms with E-state index in [0.29, 0.717) is 6.54 Å². The number of carbonyl (C=O) groups excluding carboxylic acids is 1. The first-order chi connectivity index (χ1) is 10.2. The molecule has 0 amide bonds. The summed E-state index contributed by atoms with van der Waals surface area (Å²) in [7, 11) is 1.65. The van der Waals surface area contributed by atoms with Crippen molar-refractivity contribution in [2.75, 3.05) is 26.7 Å². The van der Waals surface area contributed by atoms with Crippen LogP contribution in [0.4, 0.5) is 0 Å². The number of H-pyrrole nitrogens is 1. The van der Waals surface area contributed by atoms with E-state index in [4.69, 9.17) is 4.74 Å². The topological polar surface area (TPSA) is 46.5 Å².